The molecule has 0 aliphatic heterocycles. The number of hydrogen-bond donors (Lipinski definition) is 2. The van der Waals surface area contributed by atoms with Crippen LogP contribution in [0.15, 0.2) is 24.3 Å². The van der Waals surface area contributed by atoms with Gasteiger partial charge in [-0.3, -0.25) is 4.79 Å². The van der Waals surface area contributed by atoms with Gasteiger partial charge in [-0.1, -0.05) is 25.1 Å². The molecule has 1 aliphatic carbocycles. The highest BCUT2D eigenvalue weighted by atomic mass is 19.1. The van der Waals surface area contributed by atoms with Gasteiger partial charge >= 0.3 is 0 Å². The Hall–Kier alpha value is -1.42. The van der Waals surface area contributed by atoms with Crippen molar-refractivity contribution in [3.8, 4) is 0 Å². The maximum atomic E-state index is 13.7. The van der Waals surface area contributed by atoms with Crippen LogP contribution in [0.4, 0.5) is 4.39 Å². The quantitative estimate of drug-likeness (QED) is 0.718. The SMILES string of the molecule is CCC(NCCCC(=O)NC1CC1)c1ccccc1F. The Morgan fingerprint density at radius 1 is 1.40 bits per heavy atom. The second kappa shape index (κ2) is 7.39. The molecule has 1 aromatic carbocycles. The van der Waals surface area contributed by atoms with Crippen molar-refractivity contribution in [1.82, 2.24) is 10.6 Å². The van der Waals surface area contributed by atoms with E-state index in [0.717, 1.165) is 32.2 Å². The maximum Gasteiger partial charge on any atom is 0.220 e. The monoisotopic (exact) mass is 278 g/mol. The summed E-state index contributed by atoms with van der Waals surface area (Å²) in [4.78, 5) is 11.5. The topological polar surface area (TPSA) is 41.1 Å². The first-order valence-electron chi connectivity index (χ1n) is 7.48. The average molecular weight is 278 g/mol. The second-order valence-corrected chi connectivity index (χ2v) is 5.38. The fourth-order valence-corrected chi connectivity index (χ4v) is 2.28. The molecule has 2 N–H and O–H groups in total. The summed E-state index contributed by atoms with van der Waals surface area (Å²) in [6.45, 7) is 2.76. The highest BCUT2D eigenvalue weighted by Crippen LogP contribution is 2.20. The van der Waals surface area contributed by atoms with Gasteiger partial charge in [0.1, 0.15) is 5.82 Å². The summed E-state index contributed by atoms with van der Waals surface area (Å²) in [5.41, 5.74) is 0.706. The van der Waals surface area contributed by atoms with E-state index in [4.69, 9.17) is 0 Å². The van der Waals surface area contributed by atoms with Crippen molar-refractivity contribution >= 4 is 5.91 Å². The lowest BCUT2D eigenvalue weighted by molar-refractivity contribution is -0.121. The van der Waals surface area contributed by atoms with Crippen LogP contribution < -0.4 is 10.6 Å². The predicted octanol–water partition coefficient (Wildman–Crippen LogP) is 2.93. The van der Waals surface area contributed by atoms with E-state index in [1.54, 1.807) is 6.07 Å². The Kier molecular flexibility index (Phi) is 5.53. The lowest BCUT2D eigenvalue weighted by Gasteiger charge is -2.18. The first-order chi connectivity index (χ1) is 9.70. The van der Waals surface area contributed by atoms with E-state index in [2.05, 4.69) is 10.6 Å². The van der Waals surface area contributed by atoms with Gasteiger partial charge in [0.05, 0.1) is 0 Å². The number of nitrogens with one attached hydrogen (secondary N) is 2. The number of benzene rings is 1. The molecule has 4 heteroatoms. The Balaban J connectivity index is 1.71. The third kappa shape index (κ3) is 4.60. The predicted molar refractivity (Wildman–Crippen MR) is 77.8 cm³/mol. The molecule has 110 valence electrons. The van der Waals surface area contributed by atoms with E-state index in [-0.39, 0.29) is 17.8 Å². The van der Waals surface area contributed by atoms with Crippen LogP contribution in [-0.2, 0) is 4.79 Å². The third-order valence-corrected chi connectivity index (χ3v) is 3.60. The van der Waals surface area contributed by atoms with Crippen LogP contribution in [0.2, 0.25) is 0 Å². The summed E-state index contributed by atoms with van der Waals surface area (Å²) in [6.07, 6.45) is 4.39. The van der Waals surface area contributed by atoms with Crippen LogP contribution in [-0.4, -0.2) is 18.5 Å². The molecule has 0 bridgehead atoms. The molecule has 1 saturated carbocycles. The molecule has 2 rings (SSSR count). The standard InChI is InChI=1S/C16H23FN2O/c1-2-15(13-6-3-4-7-14(13)17)18-11-5-8-16(20)19-12-9-10-12/h3-4,6-7,12,15,18H,2,5,8-11H2,1H3,(H,19,20). The van der Waals surface area contributed by atoms with Crippen LogP contribution in [0, 0.1) is 5.82 Å². The van der Waals surface area contributed by atoms with Crippen molar-refractivity contribution in [3.63, 3.8) is 0 Å². The first-order valence-corrected chi connectivity index (χ1v) is 7.48. The van der Waals surface area contributed by atoms with E-state index in [9.17, 15) is 9.18 Å². The molecule has 0 aromatic heterocycles. The molecular weight excluding hydrogens is 255 g/mol. The Labute approximate surface area is 120 Å². The molecule has 20 heavy (non-hydrogen) atoms. The van der Waals surface area contributed by atoms with Gasteiger partial charge in [0.25, 0.3) is 0 Å². The van der Waals surface area contributed by atoms with Gasteiger partial charge in [0.2, 0.25) is 5.91 Å². The zero-order valence-corrected chi connectivity index (χ0v) is 12.0. The Morgan fingerprint density at radius 2 is 2.15 bits per heavy atom. The van der Waals surface area contributed by atoms with E-state index < -0.39 is 0 Å². The summed E-state index contributed by atoms with van der Waals surface area (Å²) >= 11 is 0. The minimum Gasteiger partial charge on any atom is -0.353 e. The number of carbonyl (C=O) groups is 1. The van der Waals surface area contributed by atoms with E-state index in [1.807, 2.05) is 19.1 Å². The smallest absolute Gasteiger partial charge is 0.220 e. The van der Waals surface area contributed by atoms with Gasteiger partial charge in [-0.2, -0.15) is 0 Å². The molecule has 1 aromatic rings. The zero-order valence-electron chi connectivity index (χ0n) is 12.0. The van der Waals surface area contributed by atoms with Crippen molar-refractivity contribution in [1.29, 1.82) is 0 Å². The van der Waals surface area contributed by atoms with Crippen LogP contribution in [0.3, 0.4) is 0 Å². The molecule has 1 amide bonds. The number of amides is 1. The van der Waals surface area contributed by atoms with Crippen molar-refractivity contribution in [3.05, 3.63) is 35.6 Å². The van der Waals surface area contributed by atoms with Gasteiger partial charge in [-0.25, -0.2) is 4.39 Å². The molecule has 1 fully saturated rings. The maximum absolute atomic E-state index is 13.7. The zero-order chi connectivity index (χ0) is 14.4. The van der Waals surface area contributed by atoms with Crippen molar-refractivity contribution < 1.29 is 9.18 Å². The molecule has 3 nitrogen and oxygen atoms in total. The third-order valence-electron chi connectivity index (χ3n) is 3.60. The molecule has 1 aliphatic rings. The number of carbonyl (C=O) groups excluding carboxylic acids is 1. The highest BCUT2D eigenvalue weighted by molar-refractivity contribution is 5.76. The van der Waals surface area contributed by atoms with E-state index >= 15 is 0 Å². The minimum atomic E-state index is -0.168. The van der Waals surface area contributed by atoms with Crippen molar-refractivity contribution in [2.24, 2.45) is 0 Å². The largest absolute Gasteiger partial charge is 0.353 e. The molecular formula is C16H23FN2O. The normalized spacial score (nSPS) is 15.9. The van der Waals surface area contributed by atoms with Crippen LogP contribution in [0.25, 0.3) is 0 Å². The van der Waals surface area contributed by atoms with Gasteiger partial charge in [0, 0.05) is 24.1 Å². The second-order valence-electron chi connectivity index (χ2n) is 5.38. The first kappa shape index (κ1) is 15.0. The van der Waals surface area contributed by atoms with Gasteiger partial charge in [-0.15, -0.1) is 0 Å². The number of rotatable bonds is 8. The summed E-state index contributed by atoms with van der Waals surface area (Å²) in [6, 6.07) is 7.30. The summed E-state index contributed by atoms with van der Waals surface area (Å²) in [5.74, 6) is -0.0356. The molecule has 0 saturated heterocycles. The molecule has 0 spiro atoms. The van der Waals surface area contributed by atoms with Crippen molar-refractivity contribution in [2.75, 3.05) is 6.54 Å². The Bertz CT molecular complexity index is 446. The van der Waals surface area contributed by atoms with Gasteiger partial charge < -0.3 is 10.6 Å². The fraction of sp³-hybridized carbons (Fsp3) is 0.562. The Morgan fingerprint density at radius 3 is 2.80 bits per heavy atom. The van der Waals surface area contributed by atoms with Crippen LogP contribution in [0.5, 0.6) is 0 Å². The van der Waals surface area contributed by atoms with Crippen LogP contribution >= 0.6 is 0 Å². The summed E-state index contributed by atoms with van der Waals surface area (Å²) < 4.78 is 13.7. The lowest BCUT2D eigenvalue weighted by atomic mass is 10.0. The van der Waals surface area contributed by atoms with Gasteiger partial charge in [0.15, 0.2) is 0 Å². The van der Waals surface area contributed by atoms with Gasteiger partial charge in [-0.05, 0) is 38.3 Å². The van der Waals surface area contributed by atoms with Crippen LogP contribution in [0.1, 0.15) is 50.6 Å². The van der Waals surface area contributed by atoms with Crippen molar-refractivity contribution in [2.45, 2.75) is 51.1 Å². The molecule has 1 unspecified atom stereocenters. The highest BCUT2D eigenvalue weighted by Gasteiger charge is 2.22. The van der Waals surface area contributed by atoms with E-state index in [0.29, 0.717) is 18.0 Å². The summed E-state index contributed by atoms with van der Waals surface area (Å²) in [7, 11) is 0. The lowest BCUT2D eigenvalue weighted by Crippen LogP contribution is -2.27. The fourth-order valence-electron chi connectivity index (χ4n) is 2.28. The minimum absolute atomic E-state index is 0.0164. The van der Waals surface area contributed by atoms with E-state index in [1.165, 1.54) is 6.07 Å². The number of hydrogen-bond acceptors (Lipinski definition) is 2. The molecule has 0 radical (unpaired) electrons. The number of halogens is 1. The molecule has 0 heterocycles. The summed E-state index contributed by atoms with van der Waals surface area (Å²) in [5, 5.41) is 6.30. The average Bonchev–Trinajstić information content (AvgIpc) is 3.24. The molecule has 1 atom stereocenters.